The molecule has 0 aromatic heterocycles. The normalized spacial score (nSPS) is 16.7. The third-order valence-corrected chi connectivity index (χ3v) is 7.90. The van der Waals surface area contributed by atoms with E-state index in [0.29, 0.717) is 12.3 Å². The summed E-state index contributed by atoms with van der Waals surface area (Å²) in [6.07, 6.45) is 2.10. The molecule has 1 atom stereocenters. The summed E-state index contributed by atoms with van der Waals surface area (Å²) in [5, 5.41) is 22.5. The van der Waals surface area contributed by atoms with E-state index >= 15 is 0 Å². The molecular formula is C28H33NO5S. The quantitative estimate of drug-likeness (QED) is 0.473. The van der Waals surface area contributed by atoms with Crippen molar-refractivity contribution in [3.63, 3.8) is 0 Å². The first-order valence-corrected chi connectivity index (χ1v) is 13.8. The van der Waals surface area contributed by atoms with Gasteiger partial charge in [0, 0.05) is 12.8 Å². The van der Waals surface area contributed by atoms with E-state index in [0.717, 1.165) is 43.3 Å². The Hall–Kier alpha value is -2.71. The van der Waals surface area contributed by atoms with Crippen molar-refractivity contribution in [3.8, 4) is 5.75 Å². The van der Waals surface area contributed by atoms with E-state index < -0.39 is 21.5 Å². The van der Waals surface area contributed by atoms with Gasteiger partial charge >= 0.3 is 0 Å². The number of aliphatic hydroxyl groups is 2. The first-order chi connectivity index (χ1) is 16.8. The maximum absolute atomic E-state index is 12.0. The Bertz CT molecular complexity index is 1140. The lowest BCUT2D eigenvalue weighted by Gasteiger charge is -2.42. The fourth-order valence-corrected chi connectivity index (χ4v) is 5.51. The number of hydrogen-bond acceptors (Lipinski definition) is 6. The molecule has 1 saturated heterocycles. The number of benzene rings is 3. The lowest BCUT2D eigenvalue weighted by Crippen LogP contribution is -2.46. The van der Waals surface area contributed by atoms with Crippen LogP contribution in [0.25, 0.3) is 0 Å². The van der Waals surface area contributed by atoms with E-state index in [9.17, 15) is 18.6 Å². The molecule has 1 unspecified atom stereocenters. The van der Waals surface area contributed by atoms with Gasteiger partial charge in [0.05, 0.1) is 4.90 Å². The van der Waals surface area contributed by atoms with Crippen molar-refractivity contribution >= 4 is 9.84 Å². The van der Waals surface area contributed by atoms with Crippen LogP contribution in [0.3, 0.4) is 0 Å². The number of ether oxygens (including phenoxy) is 1. The largest absolute Gasteiger partial charge is 0.491 e. The second kappa shape index (κ2) is 10.9. The number of likely N-dealkylation sites (tertiary alicyclic amines) is 1. The van der Waals surface area contributed by atoms with E-state index in [1.807, 2.05) is 60.7 Å². The van der Waals surface area contributed by atoms with Crippen molar-refractivity contribution in [3.05, 3.63) is 96.1 Å². The fourth-order valence-electron chi connectivity index (χ4n) is 4.88. The van der Waals surface area contributed by atoms with Gasteiger partial charge in [-0.25, -0.2) is 8.42 Å². The highest BCUT2D eigenvalue weighted by Crippen LogP contribution is 2.41. The van der Waals surface area contributed by atoms with Gasteiger partial charge in [0.15, 0.2) is 9.84 Å². The van der Waals surface area contributed by atoms with Crippen molar-refractivity contribution in [2.75, 3.05) is 32.5 Å². The van der Waals surface area contributed by atoms with Crippen molar-refractivity contribution in [2.24, 2.45) is 5.92 Å². The second-order valence-electron chi connectivity index (χ2n) is 9.28. The van der Waals surface area contributed by atoms with Gasteiger partial charge in [-0.05, 0) is 67.2 Å². The zero-order valence-corrected chi connectivity index (χ0v) is 20.8. The van der Waals surface area contributed by atoms with Crippen LogP contribution in [0.1, 0.15) is 24.0 Å². The Morgan fingerprint density at radius 1 is 0.914 bits per heavy atom. The number of aliphatic hydroxyl groups excluding tert-OH is 1. The molecule has 6 nitrogen and oxygen atoms in total. The maximum Gasteiger partial charge on any atom is 0.175 e. The average molecular weight is 496 g/mol. The van der Waals surface area contributed by atoms with Gasteiger partial charge in [0.1, 0.15) is 24.1 Å². The Kier molecular flexibility index (Phi) is 7.91. The highest BCUT2D eigenvalue weighted by atomic mass is 32.2. The molecule has 186 valence electrons. The van der Waals surface area contributed by atoms with Gasteiger partial charge in [0.25, 0.3) is 0 Å². The van der Waals surface area contributed by atoms with Crippen LogP contribution in [-0.2, 0) is 15.4 Å². The molecule has 0 aliphatic carbocycles. The van der Waals surface area contributed by atoms with Gasteiger partial charge in [-0.2, -0.15) is 0 Å². The minimum Gasteiger partial charge on any atom is -0.491 e. The fraction of sp³-hybridized carbons (Fsp3) is 0.357. The minimum atomic E-state index is -3.25. The number of sulfone groups is 1. The molecule has 7 heteroatoms. The van der Waals surface area contributed by atoms with Gasteiger partial charge in [-0.3, -0.25) is 0 Å². The van der Waals surface area contributed by atoms with E-state index in [-0.39, 0.29) is 17.4 Å². The van der Waals surface area contributed by atoms with Crippen molar-refractivity contribution in [2.45, 2.75) is 29.4 Å². The molecule has 35 heavy (non-hydrogen) atoms. The minimum absolute atomic E-state index is 0.0605. The molecule has 1 fully saturated rings. The highest BCUT2D eigenvalue weighted by molar-refractivity contribution is 7.90. The Labute approximate surface area is 207 Å². The molecule has 0 amide bonds. The van der Waals surface area contributed by atoms with Crippen LogP contribution in [0.15, 0.2) is 89.8 Å². The standard InChI is InChI=1S/C28H33NO5S/c1-35(32,33)27-14-12-26(13-15-27)34-21-25(30)20-29-18-16-24(17-19-29)28(31,22-8-4-2-5-9-22)23-10-6-3-7-11-23/h2-15,24-25,30-31H,16-21H2,1H3. The van der Waals surface area contributed by atoms with Crippen LogP contribution in [0, 0.1) is 5.92 Å². The summed E-state index contributed by atoms with van der Waals surface area (Å²) < 4.78 is 28.8. The van der Waals surface area contributed by atoms with E-state index in [1.54, 1.807) is 12.1 Å². The molecule has 0 radical (unpaired) electrons. The molecule has 0 bridgehead atoms. The number of hydrogen-bond donors (Lipinski definition) is 2. The number of rotatable bonds is 9. The molecule has 4 rings (SSSR count). The van der Waals surface area contributed by atoms with Crippen LogP contribution in [0.4, 0.5) is 0 Å². The number of piperidine rings is 1. The summed E-state index contributed by atoms with van der Waals surface area (Å²) >= 11 is 0. The summed E-state index contributed by atoms with van der Waals surface area (Å²) in [5.74, 6) is 0.580. The lowest BCUT2D eigenvalue weighted by molar-refractivity contribution is -0.0222. The smallest absolute Gasteiger partial charge is 0.175 e. The third-order valence-electron chi connectivity index (χ3n) is 6.77. The molecule has 2 N–H and O–H groups in total. The van der Waals surface area contributed by atoms with Gasteiger partial charge < -0.3 is 19.8 Å². The highest BCUT2D eigenvalue weighted by Gasteiger charge is 2.41. The lowest BCUT2D eigenvalue weighted by atomic mass is 9.72. The number of β-amino-alcohol motifs (C(OH)–C–C–N with tert-alkyl or cyclic N) is 1. The Morgan fingerprint density at radius 2 is 1.43 bits per heavy atom. The monoisotopic (exact) mass is 495 g/mol. The molecule has 0 saturated carbocycles. The first-order valence-electron chi connectivity index (χ1n) is 11.9. The summed E-state index contributed by atoms with van der Waals surface area (Å²) in [7, 11) is -3.25. The van der Waals surface area contributed by atoms with Crippen LogP contribution >= 0.6 is 0 Å². The second-order valence-corrected chi connectivity index (χ2v) is 11.3. The van der Waals surface area contributed by atoms with Crippen molar-refractivity contribution in [1.82, 2.24) is 4.90 Å². The maximum atomic E-state index is 12.0. The third kappa shape index (κ3) is 6.11. The zero-order chi connectivity index (χ0) is 24.9. The van der Waals surface area contributed by atoms with E-state index in [4.69, 9.17) is 4.74 Å². The zero-order valence-electron chi connectivity index (χ0n) is 20.0. The molecule has 0 spiro atoms. The molecule has 3 aromatic rings. The summed E-state index contributed by atoms with van der Waals surface area (Å²) in [4.78, 5) is 2.44. The topological polar surface area (TPSA) is 87.1 Å². The predicted octanol–water partition coefficient (Wildman–Crippen LogP) is 3.48. The molecule has 1 aliphatic rings. The average Bonchev–Trinajstić information content (AvgIpc) is 2.88. The summed E-state index contributed by atoms with van der Waals surface area (Å²) in [6.45, 7) is 2.14. The van der Waals surface area contributed by atoms with Crippen molar-refractivity contribution < 1.29 is 23.4 Å². The van der Waals surface area contributed by atoms with E-state index in [2.05, 4.69) is 4.90 Å². The van der Waals surface area contributed by atoms with Crippen LogP contribution < -0.4 is 4.74 Å². The Balaban J connectivity index is 1.33. The van der Waals surface area contributed by atoms with Crippen LogP contribution in [0.5, 0.6) is 5.75 Å². The van der Waals surface area contributed by atoms with Crippen molar-refractivity contribution in [1.29, 1.82) is 0 Å². The summed E-state index contributed by atoms with van der Waals surface area (Å²) in [6, 6.07) is 25.9. The van der Waals surface area contributed by atoms with Gasteiger partial charge in [-0.15, -0.1) is 0 Å². The molecular weight excluding hydrogens is 462 g/mol. The Morgan fingerprint density at radius 3 is 1.91 bits per heavy atom. The van der Waals surface area contributed by atoms with Gasteiger partial charge in [-0.1, -0.05) is 60.7 Å². The molecule has 1 aliphatic heterocycles. The van der Waals surface area contributed by atoms with Crippen LogP contribution in [-0.4, -0.2) is 62.1 Å². The summed E-state index contributed by atoms with van der Waals surface area (Å²) in [5.41, 5.74) is 0.744. The molecule has 3 aromatic carbocycles. The number of nitrogens with zero attached hydrogens (tertiary/aromatic N) is 1. The van der Waals surface area contributed by atoms with Gasteiger partial charge in [0.2, 0.25) is 0 Å². The first kappa shape index (κ1) is 25.4. The molecule has 1 heterocycles. The SMILES string of the molecule is CS(=O)(=O)c1ccc(OCC(O)CN2CCC(C(O)(c3ccccc3)c3ccccc3)CC2)cc1. The van der Waals surface area contributed by atoms with Crippen LogP contribution in [0.2, 0.25) is 0 Å². The van der Waals surface area contributed by atoms with E-state index in [1.165, 1.54) is 12.1 Å². The predicted molar refractivity (Wildman–Crippen MR) is 136 cm³/mol.